The van der Waals surface area contributed by atoms with E-state index >= 15 is 0 Å². The summed E-state index contributed by atoms with van der Waals surface area (Å²) in [4.78, 5) is 0. The fourth-order valence-electron chi connectivity index (χ4n) is 5.06. The van der Waals surface area contributed by atoms with Crippen LogP contribution in [0.2, 0.25) is 0 Å². The van der Waals surface area contributed by atoms with Gasteiger partial charge in [-0.05, 0) is 61.1 Å². The average molecular weight is 271 g/mol. The third-order valence-electron chi connectivity index (χ3n) is 5.96. The van der Waals surface area contributed by atoms with Crippen molar-refractivity contribution in [2.75, 3.05) is 13.1 Å². The Balaban J connectivity index is 1.97. The number of piperidine rings is 1. The zero-order valence-electron chi connectivity index (χ0n) is 13.1. The third-order valence-corrected chi connectivity index (χ3v) is 5.96. The predicted molar refractivity (Wildman–Crippen MR) is 85.9 cm³/mol. The molecule has 20 heavy (non-hydrogen) atoms. The van der Waals surface area contributed by atoms with E-state index in [4.69, 9.17) is 0 Å². The van der Waals surface area contributed by atoms with Crippen molar-refractivity contribution in [2.45, 2.75) is 51.9 Å². The maximum Gasteiger partial charge on any atom is -0.00125 e. The van der Waals surface area contributed by atoms with Crippen LogP contribution in [0.4, 0.5) is 0 Å². The SMILES string of the molecule is CC(C)C1CNCCC12CCCCC2c1ccccc1. The molecule has 2 fully saturated rings. The molecule has 2 aliphatic rings. The minimum Gasteiger partial charge on any atom is -0.316 e. The summed E-state index contributed by atoms with van der Waals surface area (Å²) in [5.41, 5.74) is 2.15. The van der Waals surface area contributed by atoms with Crippen molar-refractivity contribution in [3.8, 4) is 0 Å². The minimum atomic E-state index is 0.555. The summed E-state index contributed by atoms with van der Waals surface area (Å²) in [5, 5.41) is 3.66. The molecule has 1 nitrogen and oxygen atoms in total. The van der Waals surface area contributed by atoms with Crippen molar-refractivity contribution in [2.24, 2.45) is 17.3 Å². The first-order chi connectivity index (χ1) is 9.74. The maximum absolute atomic E-state index is 3.66. The second kappa shape index (κ2) is 5.89. The zero-order chi connectivity index (χ0) is 14.0. The van der Waals surface area contributed by atoms with Crippen LogP contribution in [0.1, 0.15) is 57.4 Å². The van der Waals surface area contributed by atoms with Crippen LogP contribution in [0, 0.1) is 17.3 Å². The number of benzene rings is 1. The summed E-state index contributed by atoms with van der Waals surface area (Å²) in [6.07, 6.45) is 7.06. The normalized spacial score (nSPS) is 34.5. The van der Waals surface area contributed by atoms with Crippen molar-refractivity contribution < 1.29 is 0 Å². The smallest absolute Gasteiger partial charge is 0.00125 e. The van der Waals surface area contributed by atoms with Crippen LogP contribution in [-0.2, 0) is 0 Å². The topological polar surface area (TPSA) is 12.0 Å². The molecule has 1 spiro atoms. The van der Waals surface area contributed by atoms with E-state index in [9.17, 15) is 0 Å². The molecule has 1 heteroatoms. The Morgan fingerprint density at radius 1 is 1.10 bits per heavy atom. The predicted octanol–water partition coefficient (Wildman–Crippen LogP) is 4.60. The fourth-order valence-corrected chi connectivity index (χ4v) is 5.06. The molecule has 3 unspecified atom stereocenters. The molecule has 1 aliphatic heterocycles. The highest BCUT2D eigenvalue weighted by Gasteiger charge is 2.48. The Labute approximate surface area is 124 Å². The van der Waals surface area contributed by atoms with Crippen LogP contribution in [0.5, 0.6) is 0 Å². The lowest BCUT2D eigenvalue weighted by molar-refractivity contribution is 0.00846. The summed E-state index contributed by atoms with van der Waals surface area (Å²) in [6, 6.07) is 11.3. The highest BCUT2D eigenvalue weighted by molar-refractivity contribution is 5.24. The molecule has 0 aromatic heterocycles. The van der Waals surface area contributed by atoms with Gasteiger partial charge in [0.05, 0.1) is 0 Å². The van der Waals surface area contributed by atoms with E-state index in [0.717, 1.165) is 17.8 Å². The van der Waals surface area contributed by atoms with Crippen molar-refractivity contribution in [3.05, 3.63) is 35.9 Å². The van der Waals surface area contributed by atoms with Gasteiger partial charge >= 0.3 is 0 Å². The van der Waals surface area contributed by atoms with Gasteiger partial charge in [0.25, 0.3) is 0 Å². The van der Waals surface area contributed by atoms with Gasteiger partial charge in [0.1, 0.15) is 0 Å². The summed E-state index contributed by atoms with van der Waals surface area (Å²) in [7, 11) is 0. The van der Waals surface area contributed by atoms with Gasteiger partial charge < -0.3 is 5.32 Å². The summed E-state index contributed by atoms with van der Waals surface area (Å²) in [5.74, 6) is 2.40. The molecule has 3 atom stereocenters. The Kier molecular flexibility index (Phi) is 4.16. The van der Waals surface area contributed by atoms with Crippen molar-refractivity contribution in [1.29, 1.82) is 0 Å². The van der Waals surface area contributed by atoms with Crippen LogP contribution in [0.15, 0.2) is 30.3 Å². The number of nitrogens with one attached hydrogen (secondary N) is 1. The third kappa shape index (κ3) is 2.41. The minimum absolute atomic E-state index is 0.555. The van der Waals surface area contributed by atoms with Gasteiger partial charge in [-0.1, -0.05) is 57.0 Å². The van der Waals surface area contributed by atoms with Gasteiger partial charge in [0.15, 0.2) is 0 Å². The molecule has 1 aromatic carbocycles. The molecule has 110 valence electrons. The first kappa shape index (κ1) is 14.1. The van der Waals surface area contributed by atoms with E-state index in [1.165, 1.54) is 45.2 Å². The van der Waals surface area contributed by atoms with E-state index in [-0.39, 0.29) is 0 Å². The van der Waals surface area contributed by atoms with Crippen LogP contribution >= 0.6 is 0 Å². The summed E-state index contributed by atoms with van der Waals surface area (Å²) < 4.78 is 0. The van der Waals surface area contributed by atoms with E-state index in [1.54, 1.807) is 5.56 Å². The maximum atomic E-state index is 3.66. The largest absolute Gasteiger partial charge is 0.316 e. The Morgan fingerprint density at radius 3 is 2.65 bits per heavy atom. The molecule has 1 aromatic rings. The molecule has 1 N–H and O–H groups in total. The Bertz CT molecular complexity index is 419. The number of hydrogen-bond donors (Lipinski definition) is 1. The number of rotatable bonds is 2. The molecule has 1 saturated carbocycles. The molecular weight excluding hydrogens is 242 g/mol. The zero-order valence-corrected chi connectivity index (χ0v) is 13.1. The van der Waals surface area contributed by atoms with Gasteiger partial charge in [-0.3, -0.25) is 0 Å². The monoisotopic (exact) mass is 271 g/mol. The van der Waals surface area contributed by atoms with Crippen LogP contribution in [0.3, 0.4) is 0 Å². The van der Waals surface area contributed by atoms with Crippen LogP contribution in [-0.4, -0.2) is 13.1 Å². The van der Waals surface area contributed by atoms with Gasteiger partial charge in [0, 0.05) is 0 Å². The number of hydrogen-bond acceptors (Lipinski definition) is 1. The quantitative estimate of drug-likeness (QED) is 0.829. The Morgan fingerprint density at radius 2 is 1.90 bits per heavy atom. The molecule has 1 heterocycles. The molecule has 3 rings (SSSR count). The fraction of sp³-hybridized carbons (Fsp3) is 0.684. The van der Waals surface area contributed by atoms with Gasteiger partial charge in [0.2, 0.25) is 0 Å². The van der Waals surface area contributed by atoms with Crippen molar-refractivity contribution in [1.82, 2.24) is 5.32 Å². The summed E-state index contributed by atoms with van der Waals surface area (Å²) in [6.45, 7) is 7.29. The average Bonchev–Trinajstić information content (AvgIpc) is 2.49. The highest BCUT2D eigenvalue weighted by Crippen LogP contribution is 2.56. The standard InChI is InChI=1S/C19H29N/c1-15(2)18-14-20-13-12-19(18)11-7-6-10-17(19)16-8-4-3-5-9-16/h3-5,8-9,15,17-18,20H,6-7,10-14H2,1-2H3. The van der Waals surface area contributed by atoms with E-state index < -0.39 is 0 Å². The second-order valence-electron chi connectivity index (χ2n) is 7.25. The van der Waals surface area contributed by atoms with Crippen LogP contribution < -0.4 is 5.32 Å². The van der Waals surface area contributed by atoms with Crippen LogP contribution in [0.25, 0.3) is 0 Å². The second-order valence-corrected chi connectivity index (χ2v) is 7.25. The molecule has 0 amide bonds. The first-order valence-corrected chi connectivity index (χ1v) is 8.50. The van der Waals surface area contributed by atoms with Crippen molar-refractivity contribution >= 4 is 0 Å². The molecule has 1 aliphatic carbocycles. The molecule has 1 saturated heterocycles. The first-order valence-electron chi connectivity index (χ1n) is 8.50. The molecule has 0 bridgehead atoms. The van der Waals surface area contributed by atoms with Gasteiger partial charge in [-0.2, -0.15) is 0 Å². The van der Waals surface area contributed by atoms with E-state index in [0.29, 0.717) is 5.41 Å². The summed E-state index contributed by atoms with van der Waals surface area (Å²) >= 11 is 0. The molecular formula is C19H29N. The van der Waals surface area contributed by atoms with E-state index in [2.05, 4.69) is 49.5 Å². The van der Waals surface area contributed by atoms with Crippen molar-refractivity contribution in [3.63, 3.8) is 0 Å². The van der Waals surface area contributed by atoms with E-state index in [1.807, 2.05) is 0 Å². The lowest BCUT2D eigenvalue weighted by Gasteiger charge is -2.54. The Hall–Kier alpha value is -0.820. The molecule has 0 radical (unpaired) electrons. The lowest BCUT2D eigenvalue weighted by atomic mass is 9.53. The van der Waals surface area contributed by atoms with Gasteiger partial charge in [-0.25, -0.2) is 0 Å². The van der Waals surface area contributed by atoms with Gasteiger partial charge in [-0.15, -0.1) is 0 Å². The highest BCUT2D eigenvalue weighted by atomic mass is 14.9. The lowest BCUT2D eigenvalue weighted by Crippen LogP contribution is -2.51.